The average Bonchev–Trinajstić information content (AvgIpc) is 3.31. The van der Waals surface area contributed by atoms with Crippen molar-refractivity contribution in [1.82, 2.24) is 0 Å². The van der Waals surface area contributed by atoms with Crippen molar-refractivity contribution in [2.75, 3.05) is 13.2 Å². The lowest BCUT2D eigenvalue weighted by Crippen LogP contribution is -2.07. The summed E-state index contributed by atoms with van der Waals surface area (Å²) in [7, 11) is 0. The van der Waals surface area contributed by atoms with Gasteiger partial charge in [0.15, 0.2) is 0 Å². The number of ether oxygens (including phenoxy) is 4. The topological polar surface area (TPSA) is 95.8 Å². The van der Waals surface area contributed by atoms with Crippen LogP contribution in [0.3, 0.4) is 0 Å². The first-order valence-electron chi connectivity index (χ1n) is 24.7. The zero-order valence-corrected chi connectivity index (χ0v) is 39.1. The zero-order valence-electron chi connectivity index (χ0n) is 39.1. The minimum atomic E-state index is -0.228. The molecule has 4 aromatic carbocycles. The first-order chi connectivity index (χ1) is 31.5. The maximum Gasteiger partial charge on any atom is 0.311 e. The molecule has 0 saturated heterocycles. The monoisotopic (exact) mass is 873 g/mol. The number of carbonyl (C=O) groups excluding carboxylic acids is 2. The molecule has 0 aliphatic carbocycles. The van der Waals surface area contributed by atoms with Crippen LogP contribution in [0.1, 0.15) is 179 Å². The van der Waals surface area contributed by atoms with E-state index in [4.69, 9.17) is 18.9 Å². The van der Waals surface area contributed by atoms with Gasteiger partial charge in [-0.15, -0.1) is 0 Å². The molecule has 4 aromatic rings. The summed E-state index contributed by atoms with van der Waals surface area (Å²) in [4.78, 5) is 34.0. The highest BCUT2D eigenvalue weighted by Crippen LogP contribution is 2.22. The van der Waals surface area contributed by atoms with Gasteiger partial charge in [-0.3, -0.25) is 19.6 Å². The standard InChI is InChI=1S/C56H76N2O6/c1-3-5-7-9-11-15-19-23-43-61-51-39-31-49(32-40-51)57-45-47-27-35-53(36-28-47)63-55(59)25-21-17-13-14-18-22-26-56(60)64-54-37-29-48(30-38-54)46-58-50-33-41-52(42-34-50)62-44-24-20-16-12-10-8-6-4-2/h27-42,45-46H,3-26,43-44H2,1-2H3. The van der Waals surface area contributed by atoms with Crippen molar-refractivity contribution < 1.29 is 28.5 Å². The molecule has 0 spiro atoms. The molecule has 0 bridgehead atoms. The lowest BCUT2D eigenvalue weighted by atomic mass is 10.1. The van der Waals surface area contributed by atoms with E-state index in [0.29, 0.717) is 24.3 Å². The number of nitrogens with zero attached hydrogens (tertiary/aromatic N) is 2. The van der Waals surface area contributed by atoms with E-state index in [1.54, 1.807) is 36.7 Å². The maximum absolute atomic E-state index is 12.4. The molecule has 0 aliphatic heterocycles. The minimum absolute atomic E-state index is 0.228. The predicted octanol–water partition coefficient (Wildman–Crippen LogP) is 15.9. The molecule has 64 heavy (non-hydrogen) atoms. The second-order valence-electron chi connectivity index (χ2n) is 16.9. The number of aliphatic imine (C=N–C) groups is 2. The van der Waals surface area contributed by atoms with Crippen molar-refractivity contribution in [3.05, 3.63) is 108 Å². The molecule has 0 fully saturated rings. The van der Waals surface area contributed by atoms with Crippen LogP contribution in [0.15, 0.2) is 107 Å². The van der Waals surface area contributed by atoms with E-state index in [2.05, 4.69) is 23.8 Å². The Kier molecular flexibility index (Phi) is 26.7. The molecule has 0 saturated carbocycles. The number of hydrogen-bond acceptors (Lipinski definition) is 8. The highest BCUT2D eigenvalue weighted by atomic mass is 16.5. The Morgan fingerprint density at radius 3 is 1.02 bits per heavy atom. The van der Waals surface area contributed by atoms with E-state index in [0.717, 1.165) is 98.6 Å². The SMILES string of the molecule is CCCCCCCCCCOc1ccc(N=Cc2ccc(OC(=O)CCCCCCCCC(=O)Oc3ccc(C=Nc4ccc(OCCCCCCCCCC)cc4)cc3)cc2)cc1. The van der Waals surface area contributed by atoms with Crippen LogP contribution in [0.25, 0.3) is 0 Å². The van der Waals surface area contributed by atoms with Gasteiger partial charge in [0.1, 0.15) is 23.0 Å². The van der Waals surface area contributed by atoms with Gasteiger partial charge >= 0.3 is 11.9 Å². The van der Waals surface area contributed by atoms with Crippen molar-refractivity contribution in [2.45, 2.75) is 168 Å². The molecule has 0 atom stereocenters. The van der Waals surface area contributed by atoms with Crippen LogP contribution in [0.2, 0.25) is 0 Å². The number of esters is 2. The maximum atomic E-state index is 12.4. The highest BCUT2D eigenvalue weighted by Gasteiger charge is 2.07. The van der Waals surface area contributed by atoms with E-state index in [9.17, 15) is 9.59 Å². The van der Waals surface area contributed by atoms with E-state index >= 15 is 0 Å². The van der Waals surface area contributed by atoms with E-state index in [1.165, 1.54) is 89.9 Å². The average molecular weight is 873 g/mol. The Hall–Kier alpha value is -5.24. The van der Waals surface area contributed by atoms with E-state index < -0.39 is 0 Å². The zero-order chi connectivity index (χ0) is 45.1. The number of hydrogen-bond donors (Lipinski definition) is 0. The summed E-state index contributed by atoms with van der Waals surface area (Å²) in [5.74, 6) is 2.35. The molecule has 4 rings (SSSR count). The summed E-state index contributed by atoms with van der Waals surface area (Å²) < 4.78 is 22.9. The fourth-order valence-corrected chi connectivity index (χ4v) is 7.26. The van der Waals surface area contributed by atoms with Gasteiger partial charge in [0.25, 0.3) is 0 Å². The lowest BCUT2D eigenvalue weighted by Gasteiger charge is -2.07. The summed E-state index contributed by atoms with van der Waals surface area (Å²) in [6.45, 7) is 6.01. The van der Waals surface area contributed by atoms with Gasteiger partial charge < -0.3 is 18.9 Å². The molecule has 0 unspecified atom stereocenters. The molecule has 8 heteroatoms. The normalized spacial score (nSPS) is 11.3. The second-order valence-corrected chi connectivity index (χ2v) is 16.9. The van der Waals surface area contributed by atoms with Crippen LogP contribution in [-0.2, 0) is 9.59 Å². The van der Waals surface area contributed by atoms with Gasteiger partial charge in [-0.05, 0) is 134 Å². The van der Waals surface area contributed by atoms with E-state index in [1.807, 2.05) is 72.8 Å². The molecule has 0 heterocycles. The largest absolute Gasteiger partial charge is 0.494 e. The first kappa shape index (κ1) is 51.4. The fraction of sp³-hybridized carbons (Fsp3) is 0.500. The summed E-state index contributed by atoms with van der Waals surface area (Å²) in [5.41, 5.74) is 3.55. The molecular weight excluding hydrogens is 797 g/mol. The van der Waals surface area contributed by atoms with Gasteiger partial charge in [-0.2, -0.15) is 0 Å². The molecular formula is C56H76N2O6. The summed E-state index contributed by atoms with van der Waals surface area (Å²) >= 11 is 0. The van der Waals surface area contributed by atoms with Gasteiger partial charge in [-0.25, -0.2) is 0 Å². The van der Waals surface area contributed by atoms with Gasteiger partial charge in [-0.1, -0.05) is 129 Å². The molecule has 346 valence electrons. The van der Waals surface area contributed by atoms with Crippen LogP contribution in [0.5, 0.6) is 23.0 Å². The predicted molar refractivity (Wildman–Crippen MR) is 265 cm³/mol. The third kappa shape index (κ3) is 24.0. The number of carbonyl (C=O) groups is 2. The third-order valence-corrected chi connectivity index (χ3v) is 11.2. The molecule has 0 radical (unpaired) electrons. The van der Waals surface area contributed by atoms with Crippen molar-refractivity contribution >= 4 is 35.7 Å². The van der Waals surface area contributed by atoms with Crippen LogP contribution >= 0.6 is 0 Å². The summed E-state index contributed by atoms with van der Waals surface area (Å²) in [6, 6.07) is 30.5. The number of benzene rings is 4. The van der Waals surface area contributed by atoms with Gasteiger partial charge in [0.05, 0.1) is 24.6 Å². The van der Waals surface area contributed by atoms with Gasteiger partial charge in [0, 0.05) is 25.3 Å². The van der Waals surface area contributed by atoms with Crippen LogP contribution < -0.4 is 18.9 Å². The summed E-state index contributed by atoms with van der Waals surface area (Å²) in [5, 5.41) is 0. The van der Waals surface area contributed by atoms with Crippen molar-refractivity contribution in [1.29, 1.82) is 0 Å². The van der Waals surface area contributed by atoms with Crippen LogP contribution in [-0.4, -0.2) is 37.6 Å². The molecule has 0 aliphatic rings. The van der Waals surface area contributed by atoms with Crippen molar-refractivity contribution in [2.24, 2.45) is 9.98 Å². The quantitative estimate of drug-likeness (QED) is 0.0198. The molecule has 0 N–H and O–H groups in total. The van der Waals surface area contributed by atoms with Crippen LogP contribution in [0.4, 0.5) is 11.4 Å². The van der Waals surface area contributed by atoms with Crippen LogP contribution in [0, 0.1) is 0 Å². The second kappa shape index (κ2) is 33.3. The fourth-order valence-electron chi connectivity index (χ4n) is 7.26. The smallest absolute Gasteiger partial charge is 0.311 e. The number of unbranched alkanes of at least 4 members (excludes halogenated alkanes) is 19. The van der Waals surface area contributed by atoms with E-state index in [-0.39, 0.29) is 11.9 Å². The highest BCUT2D eigenvalue weighted by molar-refractivity contribution is 5.83. The molecule has 8 nitrogen and oxygen atoms in total. The molecule has 0 aromatic heterocycles. The van der Waals surface area contributed by atoms with Crippen molar-refractivity contribution in [3.63, 3.8) is 0 Å². The summed E-state index contributed by atoms with van der Waals surface area (Å²) in [6.07, 6.45) is 30.4. The Labute approximate surface area is 385 Å². The Morgan fingerprint density at radius 1 is 0.375 bits per heavy atom. The Bertz CT molecular complexity index is 1730. The number of rotatable bonds is 35. The first-order valence-corrected chi connectivity index (χ1v) is 24.7. The third-order valence-electron chi connectivity index (χ3n) is 11.2. The van der Waals surface area contributed by atoms with Gasteiger partial charge in [0.2, 0.25) is 0 Å². The molecule has 0 amide bonds. The lowest BCUT2D eigenvalue weighted by molar-refractivity contribution is -0.135. The minimum Gasteiger partial charge on any atom is -0.494 e. The Balaban J connectivity index is 0.978. The Morgan fingerprint density at radius 2 is 0.672 bits per heavy atom. The van der Waals surface area contributed by atoms with Crippen molar-refractivity contribution in [3.8, 4) is 23.0 Å².